The van der Waals surface area contributed by atoms with Crippen molar-refractivity contribution < 1.29 is 4.74 Å². The Labute approximate surface area is 227 Å². The number of ether oxygens (including phenoxy) is 1. The molecule has 0 atom stereocenters. The van der Waals surface area contributed by atoms with E-state index in [4.69, 9.17) is 4.74 Å². The molecule has 1 aliphatic heterocycles. The maximum Gasteiger partial charge on any atom is 0.131 e. The molecule has 186 valence electrons. The largest absolute Gasteiger partial charge is 0.457 e. The fraction of sp³-hybridized carbons (Fsp3) is 0.0811. The Morgan fingerprint density at radius 2 is 1.23 bits per heavy atom. The van der Waals surface area contributed by atoms with Crippen molar-refractivity contribution in [1.29, 1.82) is 0 Å². The normalized spacial score (nSPS) is 13.8. The molecule has 0 radical (unpaired) electrons. The summed E-state index contributed by atoms with van der Waals surface area (Å²) in [4.78, 5) is 0. The van der Waals surface area contributed by atoms with Crippen molar-refractivity contribution in [2.45, 2.75) is 19.3 Å². The smallest absolute Gasteiger partial charge is 0.131 e. The van der Waals surface area contributed by atoms with Crippen LogP contribution in [-0.2, 0) is 5.41 Å². The second kappa shape index (κ2) is 8.09. The molecular weight excluding hydrogens is 474 g/mol. The molecule has 1 aromatic heterocycles. The first kappa shape index (κ1) is 22.2. The van der Waals surface area contributed by atoms with Gasteiger partial charge in [0, 0.05) is 38.4 Å². The zero-order valence-electron chi connectivity index (χ0n) is 22.0. The van der Waals surface area contributed by atoms with Crippen LogP contribution in [0, 0.1) is 0 Å². The lowest BCUT2D eigenvalue weighted by Gasteiger charge is -2.34. The van der Waals surface area contributed by atoms with E-state index in [-0.39, 0.29) is 5.41 Å². The van der Waals surface area contributed by atoms with E-state index < -0.39 is 0 Å². The molecule has 0 unspecified atom stereocenters. The number of fused-ring (bicyclic) bond motifs is 7. The number of hydrogen-bond donors (Lipinski definition) is 0. The minimum absolute atomic E-state index is 0.135. The summed E-state index contributed by atoms with van der Waals surface area (Å²) in [6.07, 6.45) is 0. The van der Waals surface area contributed by atoms with Crippen molar-refractivity contribution >= 4 is 32.6 Å². The maximum absolute atomic E-state index is 6.29. The first-order valence-corrected chi connectivity index (χ1v) is 13.5. The molecule has 0 N–H and O–H groups in total. The summed E-state index contributed by atoms with van der Waals surface area (Å²) in [5, 5.41) is 5.09. The number of nitrogens with zero attached hydrogens (tertiary/aromatic N) is 1. The van der Waals surface area contributed by atoms with E-state index >= 15 is 0 Å². The van der Waals surface area contributed by atoms with E-state index in [0.29, 0.717) is 0 Å². The van der Waals surface area contributed by atoms with E-state index in [1.54, 1.807) is 0 Å². The van der Waals surface area contributed by atoms with Crippen LogP contribution in [0.25, 0.3) is 49.4 Å². The molecule has 0 saturated carbocycles. The van der Waals surface area contributed by atoms with Crippen LogP contribution in [0.1, 0.15) is 25.0 Å². The molecule has 7 aromatic rings. The monoisotopic (exact) mass is 501 g/mol. The molecule has 2 heterocycles. The molecule has 39 heavy (non-hydrogen) atoms. The van der Waals surface area contributed by atoms with Crippen molar-refractivity contribution in [3.8, 4) is 28.3 Å². The van der Waals surface area contributed by atoms with E-state index in [2.05, 4.69) is 140 Å². The van der Waals surface area contributed by atoms with Gasteiger partial charge in [0.05, 0.1) is 11.0 Å². The molecule has 8 rings (SSSR count). The highest BCUT2D eigenvalue weighted by molar-refractivity contribution is 6.18. The van der Waals surface area contributed by atoms with E-state index in [9.17, 15) is 0 Å². The topological polar surface area (TPSA) is 14.2 Å². The third-order valence-electron chi connectivity index (χ3n) is 8.45. The van der Waals surface area contributed by atoms with E-state index in [0.717, 1.165) is 17.2 Å². The zero-order valence-corrected chi connectivity index (χ0v) is 22.0. The van der Waals surface area contributed by atoms with Gasteiger partial charge in [0.1, 0.15) is 11.5 Å². The number of rotatable bonds is 2. The van der Waals surface area contributed by atoms with E-state index in [1.165, 1.54) is 54.8 Å². The Morgan fingerprint density at radius 1 is 0.538 bits per heavy atom. The van der Waals surface area contributed by atoms with Crippen molar-refractivity contribution in [2.24, 2.45) is 0 Å². The second-order valence-corrected chi connectivity index (χ2v) is 11.0. The highest BCUT2D eigenvalue weighted by Crippen LogP contribution is 2.48. The van der Waals surface area contributed by atoms with Gasteiger partial charge >= 0.3 is 0 Å². The van der Waals surface area contributed by atoms with Gasteiger partial charge in [-0.3, -0.25) is 0 Å². The Hall–Kier alpha value is -4.82. The predicted octanol–water partition coefficient (Wildman–Crippen LogP) is 10.0. The van der Waals surface area contributed by atoms with Crippen molar-refractivity contribution in [2.75, 3.05) is 0 Å². The number of para-hydroxylation sites is 2. The first-order valence-electron chi connectivity index (χ1n) is 13.5. The Morgan fingerprint density at radius 3 is 2.10 bits per heavy atom. The van der Waals surface area contributed by atoms with Crippen LogP contribution < -0.4 is 4.74 Å². The van der Waals surface area contributed by atoms with Gasteiger partial charge < -0.3 is 9.30 Å². The molecule has 0 bridgehead atoms. The molecule has 6 aromatic carbocycles. The van der Waals surface area contributed by atoms with Gasteiger partial charge in [-0.05, 0) is 52.9 Å². The van der Waals surface area contributed by atoms with Gasteiger partial charge in [-0.2, -0.15) is 0 Å². The molecule has 0 aliphatic carbocycles. The summed E-state index contributed by atoms with van der Waals surface area (Å²) in [7, 11) is 0. The molecule has 2 nitrogen and oxygen atoms in total. The average molecular weight is 502 g/mol. The lowest BCUT2D eigenvalue weighted by molar-refractivity contribution is 0.418. The quantitative estimate of drug-likeness (QED) is 0.230. The molecule has 0 fully saturated rings. The Kier molecular flexibility index (Phi) is 4.60. The molecule has 2 heteroatoms. The summed E-state index contributed by atoms with van der Waals surface area (Å²) >= 11 is 0. The van der Waals surface area contributed by atoms with E-state index in [1.807, 2.05) is 6.07 Å². The average Bonchev–Trinajstić information content (AvgIpc) is 3.32. The van der Waals surface area contributed by atoms with Crippen LogP contribution in [0.3, 0.4) is 0 Å². The fourth-order valence-corrected chi connectivity index (χ4v) is 6.42. The van der Waals surface area contributed by atoms with Gasteiger partial charge in [0.2, 0.25) is 0 Å². The molecule has 0 amide bonds. The summed E-state index contributed by atoms with van der Waals surface area (Å²) in [6, 6.07) is 45.8. The van der Waals surface area contributed by atoms with Crippen LogP contribution >= 0.6 is 0 Å². The first-order chi connectivity index (χ1) is 19.1. The third kappa shape index (κ3) is 3.21. The summed E-state index contributed by atoms with van der Waals surface area (Å²) in [5.41, 5.74) is 8.35. The third-order valence-corrected chi connectivity index (χ3v) is 8.45. The molecular formula is C37H27NO. The van der Waals surface area contributed by atoms with Crippen LogP contribution in [0.4, 0.5) is 0 Å². The van der Waals surface area contributed by atoms with Crippen molar-refractivity contribution in [3.05, 3.63) is 139 Å². The van der Waals surface area contributed by atoms with Gasteiger partial charge in [-0.25, -0.2) is 0 Å². The van der Waals surface area contributed by atoms with Crippen molar-refractivity contribution in [3.63, 3.8) is 0 Å². The van der Waals surface area contributed by atoms with Gasteiger partial charge in [-0.1, -0.05) is 105 Å². The number of benzene rings is 6. The number of aromatic nitrogens is 1. The van der Waals surface area contributed by atoms with Gasteiger partial charge in [0.25, 0.3) is 0 Å². The minimum Gasteiger partial charge on any atom is -0.457 e. The summed E-state index contributed by atoms with van der Waals surface area (Å²) in [6.45, 7) is 4.57. The SMILES string of the molecule is CC1(C)c2ccccc2Oc2ccc(-c3ccc(-n4c5ccccc5c5ccc6ccccc6c54)cc3)cc21. The minimum atomic E-state index is -0.135. The Bertz CT molecular complexity index is 2060. The highest BCUT2D eigenvalue weighted by Gasteiger charge is 2.34. The summed E-state index contributed by atoms with van der Waals surface area (Å²) in [5.74, 6) is 1.89. The van der Waals surface area contributed by atoms with Crippen LogP contribution in [0.2, 0.25) is 0 Å². The molecule has 0 spiro atoms. The Balaban J connectivity index is 1.27. The lowest BCUT2D eigenvalue weighted by atomic mass is 9.75. The predicted molar refractivity (Wildman–Crippen MR) is 162 cm³/mol. The van der Waals surface area contributed by atoms with Gasteiger partial charge in [0.15, 0.2) is 0 Å². The van der Waals surface area contributed by atoms with Crippen molar-refractivity contribution in [1.82, 2.24) is 4.57 Å². The van der Waals surface area contributed by atoms with Crippen LogP contribution in [0.5, 0.6) is 11.5 Å². The number of hydrogen-bond acceptors (Lipinski definition) is 1. The molecule has 1 aliphatic rings. The standard InChI is InChI=1S/C37H27NO/c1-37(2)31-12-6-8-14-34(31)39-35-22-18-26(23-32(35)37)24-15-19-27(20-16-24)38-33-13-7-5-11-29(33)30-21-17-25-9-3-4-10-28(25)36(30)38/h3-23H,1-2H3. The zero-order chi connectivity index (χ0) is 26.1. The highest BCUT2D eigenvalue weighted by atomic mass is 16.5. The maximum atomic E-state index is 6.29. The second-order valence-electron chi connectivity index (χ2n) is 11.0. The lowest BCUT2D eigenvalue weighted by Crippen LogP contribution is -2.24. The van der Waals surface area contributed by atoms with Gasteiger partial charge in [-0.15, -0.1) is 0 Å². The summed E-state index contributed by atoms with van der Waals surface area (Å²) < 4.78 is 8.70. The van der Waals surface area contributed by atoms with Crippen LogP contribution in [-0.4, -0.2) is 4.57 Å². The fourth-order valence-electron chi connectivity index (χ4n) is 6.42. The molecule has 0 saturated heterocycles. The van der Waals surface area contributed by atoms with Crippen LogP contribution in [0.15, 0.2) is 127 Å².